The van der Waals surface area contributed by atoms with Crippen molar-refractivity contribution in [3.63, 3.8) is 0 Å². The van der Waals surface area contributed by atoms with Gasteiger partial charge in [0.05, 0.1) is 7.11 Å². The maximum atomic E-state index is 11.5. The summed E-state index contributed by atoms with van der Waals surface area (Å²) in [5.74, 6) is 0.806. The van der Waals surface area contributed by atoms with Crippen LogP contribution in [0, 0.1) is 0 Å². The molecule has 0 saturated carbocycles. The van der Waals surface area contributed by atoms with Crippen LogP contribution >= 0.6 is 0 Å². The van der Waals surface area contributed by atoms with Crippen molar-refractivity contribution in [2.24, 2.45) is 0 Å². The fourth-order valence-electron chi connectivity index (χ4n) is 1.84. The average Bonchev–Trinajstić information content (AvgIpc) is 2.62. The molecule has 0 aliphatic carbocycles. The third-order valence-electron chi connectivity index (χ3n) is 2.81. The van der Waals surface area contributed by atoms with E-state index in [1.165, 1.54) is 4.90 Å². The largest absolute Gasteiger partial charge is 0.497 e. The quantitative estimate of drug-likeness (QED) is 0.832. The SMILES string of the molecule is COc1ccc(CN2C(=O)CCC2O)cc1. The minimum absolute atomic E-state index is 0.0170. The van der Waals surface area contributed by atoms with Gasteiger partial charge >= 0.3 is 0 Å². The number of nitrogens with zero attached hydrogens (tertiary/aromatic N) is 1. The lowest BCUT2D eigenvalue weighted by molar-refractivity contribution is -0.134. The molecule has 1 saturated heterocycles. The van der Waals surface area contributed by atoms with Gasteiger partial charge in [-0.15, -0.1) is 0 Å². The molecule has 0 radical (unpaired) electrons. The van der Waals surface area contributed by atoms with Gasteiger partial charge in [-0.25, -0.2) is 0 Å². The number of likely N-dealkylation sites (tertiary alicyclic amines) is 1. The van der Waals surface area contributed by atoms with Gasteiger partial charge in [0.2, 0.25) is 5.91 Å². The highest BCUT2D eigenvalue weighted by Gasteiger charge is 2.28. The summed E-state index contributed by atoms with van der Waals surface area (Å²) in [6, 6.07) is 7.50. The molecule has 0 aromatic heterocycles. The summed E-state index contributed by atoms with van der Waals surface area (Å²) in [5.41, 5.74) is 0.995. The standard InChI is InChI=1S/C12H15NO3/c1-16-10-4-2-9(3-5-10)8-13-11(14)6-7-12(13)15/h2-5,11,14H,6-8H2,1H3. The molecule has 86 valence electrons. The number of aliphatic hydroxyl groups is 1. The zero-order valence-electron chi connectivity index (χ0n) is 9.22. The fourth-order valence-corrected chi connectivity index (χ4v) is 1.84. The topological polar surface area (TPSA) is 49.8 Å². The van der Waals surface area contributed by atoms with Gasteiger partial charge in [0.1, 0.15) is 12.0 Å². The van der Waals surface area contributed by atoms with E-state index >= 15 is 0 Å². The van der Waals surface area contributed by atoms with E-state index in [4.69, 9.17) is 4.74 Å². The van der Waals surface area contributed by atoms with Crippen molar-refractivity contribution in [1.82, 2.24) is 4.90 Å². The molecule has 1 aromatic carbocycles. The van der Waals surface area contributed by atoms with Crippen molar-refractivity contribution in [2.45, 2.75) is 25.6 Å². The molecule has 1 fully saturated rings. The van der Waals surface area contributed by atoms with Crippen LogP contribution in [-0.2, 0) is 11.3 Å². The zero-order chi connectivity index (χ0) is 11.5. The molecule has 0 spiro atoms. The molecule has 1 unspecified atom stereocenters. The minimum Gasteiger partial charge on any atom is -0.497 e. The molecular weight excluding hydrogens is 206 g/mol. The van der Waals surface area contributed by atoms with Crippen molar-refractivity contribution in [3.8, 4) is 5.75 Å². The summed E-state index contributed by atoms with van der Waals surface area (Å²) < 4.78 is 5.05. The van der Waals surface area contributed by atoms with Crippen molar-refractivity contribution in [2.75, 3.05) is 7.11 Å². The zero-order valence-corrected chi connectivity index (χ0v) is 9.22. The van der Waals surface area contributed by atoms with E-state index in [-0.39, 0.29) is 5.91 Å². The van der Waals surface area contributed by atoms with Crippen LogP contribution in [0.5, 0.6) is 5.75 Å². The predicted octanol–water partition coefficient (Wildman–Crippen LogP) is 1.14. The molecule has 1 aliphatic rings. The Morgan fingerprint density at radius 1 is 1.44 bits per heavy atom. The van der Waals surface area contributed by atoms with Gasteiger partial charge in [-0.1, -0.05) is 12.1 Å². The second-order valence-electron chi connectivity index (χ2n) is 3.89. The van der Waals surface area contributed by atoms with Gasteiger partial charge in [-0.05, 0) is 17.7 Å². The van der Waals surface area contributed by atoms with E-state index in [0.29, 0.717) is 19.4 Å². The number of carbonyl (C=O) groups is 1. The molecule has 0 bridgehead atoms. The second-order valence-corrected chi connectivity index (χ2v) is 3.89. The molecular formula is C12H15NO3. The van der Waals surface area contributed by atoms with Gasteiger partial charge in [0.25, 0.3) is 0 Å². The maximum absolute atomic E-state index is 11.5. The van der Waals surface area contributed by atoms with Crippen molar-refractivity contribution < 1.29 is 14.6 Å². The van der Waals surface area contributed by atoms with Crippen LogP contribution in [-0.4, -0.2) is 29.3 Å². The minimum atomic E-state index is -0.630. The first-order valence-electron chi connectivity index (χ1n) is 5.31. The normalized spacial score (nSPS) is 20.2. The summed E-state index contributed by atoms with van der Waals surface area (Å²) in [5, 5.41) is 9.60. The molecule has 1 heterocycles. The molecule has 16 heavy (non-hydrogen) atoms. The lowest BCUT2D eigenvalue weighted by Gasteiger charge is -2.20. The van der Waals surface area contributed by atoms with Gasteiger partial charge < -0.3 is 14.7 Å². The Labute approximate surface area is 94.4 Å². The Balaban J connectivity index is 2.05. The van der Waals surface area contributed by atoms with E-state index in [9.17, 15) is 9.90 Å². The van der Waals surface area contributed by atoms with E-state index < -0.39 is 6.23 Å². The van der Waals surface area contributed by atoms with E-state index in [1.54, 1.807) is 7.11 Å². The smallest absolute Gasteiger partial charge is 0.225 e. The Morgan fingerprint density at radius 3 is 2.62 bits per heavy atom. The number of methoxy groups -OCH3 is 1. The maximum Gasteiger partial charge on any atom is 0.225 e. The van der Waals surface area contributed by atoms with Gasteiger partial charge in [0.15, 0.2) is 0 Å². The highest BCUT2D eigenvalue weighted by atomic mass is 16.5. The number of amides is 1. The number of ether oxygens (including phenoxy) is 1. The van der Waals surface area contributed by atoms with E-state index in [0.717, 1.165) is 11.3 Å². The summed E-state index contributed by atoms with van der Waals surface area (Å²) in [6.45, 7) is 0.462. The lowest BCUT2D eigenvalue weighted by atomic mass is 10.2. The molecule has 1 N–H and O–H groups in total. The van der Waals surface area contributed by atoms with Gasteiger partial charge in [0, 0.05) is 19.4 Å². The Hall–Kier alpha value is -1.55. The van der Waals surface area contributed by atoms with Crippen molar-refractivity contribution in [1.29, 1.82) is 0 Å². The number of hydrogen-bond acceptors (Lipinski definition) is 3. The number of carbonyl (C=O) groups excluding carboxylic acids is 1. The molecule has 4 nitrogen and oxygen atoms in total. The lowest BCUT2D eigenvalue weighted by Crippen LogP contribution is -2.31. The highest BCUT2D eigenvalue weighted by Crippen LogP contribution is 2.20. The Bertz CT molecular complexity index is 374. The molecule has 1 aliphatic heterocycles. The van der Waals surface area contributed by atoms with Crippen LogP contribution in [0.3, 0.4) is 0 Å². The summed E-state index contributed by atoms with van der Waals surface area (Å²) in [6.07, 6.45) is 0.348. The van der Waals surface area contributed by atoms with Crippen molar-refractivity contribution >= 4 is 5.91 Å². The first-order chi connectivity index (χ1) is 7.70. The monoisotopic (exact) mass is 221 g/mol. The van der Waals surface area contributed by atoms with E-state index in [2.05, 4.69) is 0 Å². The number of aliphatic hydroxyl groups excluding tert-OH is 1. The Kier molecular flexibility index (Phi) is 3.10. The fraction of sp³-hybridized carbons (Fsp3) is 0.417. The summed E-state index contributed by atoms with van der Waals surface area (Å²) in [4.78, 5) is 13.0. The third-order valence-corrected chi connectivity index (χ3v) is 2.81. The highest BCUT2D eigenvalue weighted by molar-refractivity contribution is 5.78. The van der Waals surface area contributed by atoms with Crippen LogP contribution < -0.4 is 4.74 Å². The Morgan fingerprint density at radius 2 is 2.12 bits per heavy atom. The van der Waals surface area contributed by atoms with Crippen LogP contribution in [0.15, 0.2) is 24.3 Å². The van der Waals surface area contributed by atoms with Gasteiger partial charge in [-0.2, -0.15) is 0 Å². The average molecular weight is 221 g/mol. The molecule has 2 rings (SSSR count). The predicted molar refractivity (Wildman–Crippen MR) is 58.8 cm³/mol. The summed E-state index contributed by atoms with van der Waals surface area (Å²) in [7, 11) is 1.61. The first-order valence-corrected chi connectivity index (χ1v) is 5.31. The van der Waals surface area contributed by atoms with Crippen LogP contribution in [0.4, 0.5) is 0 Å². The summed E-state index contributed by atoms with van der Waals surface area (Å²) >= 11 is 0. The van der Waals surface area contributed by atoms with E-state index in [1.807, 2.05) is 24.3 Å². The third kappa shape index (κ3) is 2.17. The number of benzene rings is 1. The second kappa shape index (κ2) is 4.53. The molecule has 1 amide bonds. The molecule has 4 heteroatoms. The van der Waals surface area contributed by atoms with Crippen molar-refractivity contribution in [3.05, 3.63) is 29.8 Å². The first kappa shape index (κ1) is 11.0. The molecule has 1 atom stereocenters. The van der Waals surface area contributed by atoms with Crippen LogP contribution in [0.1, 0.15) is 18.4 Å². The van der Waals surface area contributed by atoms with Crippen LogP contribution in [0.2, 0.25) is 0 Å². The van der Waals surface area contributed by atoms with Gasteiger partial charge in [-0.3, -0.25) is 4.79 Å². The molecule has 1 aromatic rings. The number of hydrogen-bond donors (Lipinski definition) is 1. The number of rotatable bonds is 3. The van der Waals surface area contributed by atoms with Crippen LogP contribution in [0.25, 0.3) is 0 Å².